The topological polar surface area (TPSA) is 102 Å². The third-order valence-electron chi connectivity index (χ3n) is 2.64. The lowest BCUT2D eigenvalue weighted by molar-refractivity contribution is 0.194. The molecule has 2 aromatic heterocycles. The van der Waals surface area contributed by atoms with E-state index in [9.17, 15) is 4.79 Å². The Morgan fingerprint density at radius 1 is 1.58 bits per heavy atom. The highest BCUT2D eigenvalue weighted by molar-refractivity contribution is 5.66. The smallest absolute Gasteiger partial charge is 0.404 e. The molecule has 0 aromatic carbocycles. The summed E-state index contributed by atoms with van der Waals surface area (Å²) in [5.41, 5.74) is 2.87. The number of nitriles is 1. The standard InChI is InChI=1S/C13H12N4O2/c14-7-12-10(2-1-4-15-12)11-6-9(8-17-11)3-5-16-13(18)19/h1-2,4,6,8,16-17H,3,5H2,(H,18,19). The molecule has 96 valence electrons. The average Bonchev–Trinajstić information content (AvgIpc) is 2.87. The highest BCUT2D eigenvalue weighted by Gasteiger charge is 2.07. The molecule has 0 aliphatic rings. The fourth-order valence-electron chi connectivity index (χ4n) is 1.76. The van der Waals surface area contributed by atoms with Crippen molar-refractivity contribution in [1.82, 2.24) is 15.3 Å². The number of carboxylic acid groups (broad SMARTS) is 1. The fraction of sp³-hybridized carbons (Fsp3) is 0.154. The van der Waals surface area contributed by atoms with Crippen LogP contribution >= 0.6 is 0 Å². The first-order chi connectivity index (χ1) is 9.20. The largest absolute Gasteiger partial charge is 0.465 e. The van der Waals surface area contributed by atoms with Gasteiger partial charge in [0.05, 0.1) is 0 Å². The number of hydrogen-bond donors (Lipinski definition) is 3. The van der Waals surface area contributed by atoms with E-state index in [0.717, 1.165) is 16.8 Å². The van der Waals surface area contributed by atoms with E-state index >= 15 is 0 Å². The van der Waals surface area contributed by atoms with Gasteiger partial charge in [0.1, 0.15) is 11.8 Å². The Labute approximate surface area is 109 Å². The Morgan fingerprint density at radius 2 is 2.42 bits per heavy atom. The monoisotopic (exact) mass is 256 g/mol. The Balaban J connectivity index is 2.13. The van der Waals surface area contributed by atoms with E-state index in [1.807, 2.05) is 18.2 Å². The summed E-state index contributed by atoms with van der Waals surface area (Å²) >= 11 is 0. The van der Waals surface area contributed by atoms with Crippen molar-refractivity contribution in [2.45, 2.75) is 6.42 Å². The Kier molecular flexibility index (Phi) is 3.78. The molecular formula is C13H12N4O2. The number of H-pyrrole nitrogens is 1. The Bertz CT molecular complexity index is 628. The van der Waals surface area contributed by atoms with E-state index in [2.05, 4.69) is 15.3 Å². The molecule has 0 fully saturated rings. The summed E-state index contributed by atoms with van der Waals surface area (Å²) in [6, 6.07) is 7.51. The molecule has 0 saturated carbocycles. The van der Waals surface area contributed by atoms with Crippen molar-refractivity contribution in [3.63, 3.8) is 0 Å². The third-order valence-corrected chi connectivity index (χ3v) is 2.64. The number of rotatable bonds is 4. The first-order valence-electron chi connectivity index (χ1n) is 5.70. The lowest BCUT2D eigenvalue weighted by Crippen LogP contribution is -2.23. The van der Waals surface area contributed by atoms with Crippen LogP contribution in [-0.2, 0) is 6.42 Å². The molecular weight excluding hydrogens is 244 g/mol. The van der Waals surface area contributed by atoms with Gasteiger partial charge in [-0.1, -0.05) is 0 Å². The van der Waals surface area contributed by atoms with Crippen LogP contribution in [0.3, 0.4) is 0 Å². The first-order valence-corrected chi connectivity index (χ1v) is 5.70. The summed E-state index contributed by atoms with van der Waals surface area (Å²) in [6.45, 7) is 0.352. The second-order valence-electron chi connectivity index (χ2n) is 3.91. The molecule has 0 aliphatic heterocycles. The lowest BCUT2D eigenvalue weighted by atomic mass is 10.1. The predicted octanol–water partition coefficient (Wildman–Crippen LogP) is 1.76. The molecule has 2 rings (SSSR count). The summed E-state index contributed by atoms with van der Waals surface area (Å²) in [4.78, 5) is 17.4. The van der Waals surface area contributed by atoms with Crippen LogP contribution in [0.2, 0.25) is 0 Å². The summed E-state index contributed by atoms with van der Waals surface area (Å²) < 4.78 is 0. The van der Waals surface area contributed by atoms with Crippen LogP contribution < -0.4 is 5.32 Å². The van der Waals surface area contributed by atoms with E-state index in [1.165, 1.54) is 0 Å². The molecule has 19 heavy (non-hydrogen) atoms. The molecule has 2 heterocycles. The molecule has 1 amide bonds. The zero-order valence-electron chi connectivity index (χ0n) is 10.1. The van der Waals surface area contributed by atoms with Gasteiger partial charge in [0.25, 0.3) is 0 Å². The van der Waals surface area contributed by atoms with Crippen molar-refractivity contribution in [2.75, 3.05) is 6.54 Å². The summed E-state index contributed by atoms with van der Waals surface area (Å²) in [6.07, 6.45) is 2.93. The molecule has 0 aliphatic carbocycles. The summed E-state index contributed by atoms with van der Waals surface area (Å²) in [5.74, 6) is 0. The quantitative estimate of drug-likeness (QED) is 0.775. The maximum atomic E-state index is 10.3. The SMILES string of the molecule is N#Cc1ncccc1-c1cc(CCNC(=O)O)c[nH]1. The van der Waals surface area contributed by atoms with Gasteiger partial charge >= 0.3 is 6.09 Å². The van der Waals surface area contributed by atoms with E-state index in [1.54, 1.807) is 18.5 Å². The molecule has 0 radical (unpaired) electrons. The minimum atomic E-state index is -1.03. The van der Waals surface area contributed by atoms with Gasteiger partial charge in [-0.2, -0.15) is 5.26 Å². The molecule has 6 nitrogen and oxygen atoms in total. The second-order valence-corrected chi connectivity index (χ2v) is 3.91. The number of amides is 1. The molecule has 6 heteroatoms. The van der Waals surface area contributed by atoms with E-state index < -0.39 is 6.09 Å². The van der Waals surface area contributed by atoms with Crippen molar-refractivity contribution in [3.8, 4) is 17.3 Å². The highest BCUT2D eigenvalue weighted by Crippen LogP contribution is 2.21. The summed E-state index contributed by atoms with van der Waals surface area (Å²) in [5, 5.41) is 19.8. The van der Waals surface area contributed by atoms with Crippen LogP contribution in [0, 0.1) is 11.3 Å². The van der Waals surface area contributed by atoms with Crippen LogP contribution in [0.15, 0.2) is 30.6 Å². The van der Waals surface area contributed by atoms with E-state index in [-0.39, 0.29) is 0 Å². The molecule has 0 atom stereocenters. The maximum Gasteiger partial charge on any atom is 0.404 e. The number of pyridine rings is 1. The third kappa shape index (κ3) is 3.10. The van der Waals surface area contributed by atoms with Gasteiger partial charge in [-0.3, -0.25) is 0 Å². The average molecular weight is 256 g/mol. The van der Waals surface area contributed by atoms with E-state index in [4.69, 9.17) is 10.4 Å². The van der Waals surface area contributed by atoms with Gasteiger partial charge in [0.2, 0.25) is 0 Å². The van der Waals surface area contributed by atoms with Crippen LogP contribution in [0.1, 0.15) is 11.3 Å². The first kappa shape index (κ1) is 12.6. The number of aromatic amines is 1. The van der Waals surface area contributed by atoms with E-state index in [0.29, 0.717) is 18.7 Å². The molecule has 3 N–H and O–H groups in total. The van der Waals surface area contributed by atoms with Crippen molar-refractivity contribution in [2.24, 2.45) is 0 Å². The van der Waals surface area contributed by atoms with Crippen LogP contribution in [0.25, 0.3) is 11.3 Å². The summed E-state index contributed by atoms with van der Waals surface area (Å²) in [7, 11) is 0. The highest BCUT2D eigenvalue weighted by atomic mass is 16.4. The maximum absolute atomic E-state index is 10.3. The minimum Gasteiger partial charge on any atom is -0.465 e. The molecule has 0 unspecified atom stereocenters. The van der Waals surface area contributed by atoms with Crippen LogP contribution in [0.4, 0.5) is 4.79 Å². The van der Waals surface area contributed by atoms with Gasteiger partial charge in [0.15, 0.2) is 0 Å². The van der Waals surface area contributed by atoms with Gasteiger partial charge in [0, 0.05) is 30.2 Å². The van der Waals surface area contributed by atoms with Gasteiger partial charge in [-0.05, 0) is 30.2 Å². The van der Waals surface area contributed by atoms with Crippen molar-refractivity contribution >= 4 is 6.09 Å². The predicted molar refractivity (Wildman–Crippen MR) is 68.5 cm³/mol. The van der Waals surface area contributed by atoms with Gasteiger partial charge < -0.3 is 15.4 Å². The fourth-order valence-corrected chi connectivity index (χ4v) is 1.76. The number of nitrogens with one attached hydrogen (secondary N) is 2. The normalized spacial score (nSPS) is 9.84. The molecule has 0 spiro atoms. The van der Waals surface area contributed by atoms with Gasteiger partial charge in [-0.15, -0.1) is 0 Å². The Hall–Kier alpha value is -2.81. The van der Waals surface area contributed by atoms with Crippen molar-refractivity contribution in [1.29, 1.82) is 5.26 Å². The van der Waals surface area contributed by atoms with Crippen LogP contribution in [0.5, 0.6) is 0 Å². The zero-order chi connectivity index (χ0) is 13.7. The van der Waals surface area contributed by atoms with Crippen LogP contribution in [-0.4, -0.2) is 27.7 Å². The second kappa shape index (κ2) is 5.69. The number of hydrogen-bond acceptors (Lipinski definition) is 3. The van der Waals surface area contributed by atoms with Crippen molar-refractivity contribution in [3.05, 3.63) is 41.9 Å². The number of aromatic nitrogens is 2. The van der Waals surface area contributed by atoms with Crippen molar-refractivity contribution < 1.29 is 9.90 Å². The van der Waals surface area contributed by atoms with Gasteiger partial charge in [-0.25, -0.2) is 9.78 Å². The molecule has 0 saturated heterocycles. The zero-order valence-corrected chi connectivity index (χ0v) is 10.1. The molecule has 2 aromatic rings. The number of carbonyl (C=O) groups is 1. The number of nitrogens with zero attached hydrogens (tertiary/aromatic N) is 2. The molecule has 0 bridgehead atoms. The minimum absolute atomic E-state index is 0.352. The lowest BCUT2D eigenvalue weighted by Gasteiger charge is -1.99. The Morgan fingerprint density at radius 3 is 3.16 bits per heavy atom.